The number of nitrogens with zero attached hydrogens (tertiary/aromatic N) is 1. The lowest BCUT2D eigenvalue weighted by molar-refractivity contribution is -0.144. The van der Waals surface area contributed by atoms with Gasteiger partial charge in [-0.2, -0.15) is 0 Å². The first-order chi connectivity index (χ1) is 10.0. The quantitative estimate of drug-likeness (QED) is 0.627. The number of ether oxygens (including phenoxy) is 1. The van der Waals surface area contributed by atoms with E-state index in [4.69, 9.17) is 4.74 Å². The zero-order chi connectivity index (χ0) is 15.4. The molecule has 1 aromatic carbocycles. The van der Waals surface area contributed by atoms with Crippen molar-refractivity contribution in [3.05, 3.63) is 59.4 Å². The molecule has 21 heavy (non-hydrogen) atoms. The highest BCUT2D eigenvalue weighted by Crippen LogP contribution is 2.19. The van der Waals surface area contributed by atoms with Gasteiger partial charge in [0.15, 0.2) is 5.78 Å². The van der Waals surface area contributed by atoms with Gasteiger partial charge in [-0.3, -0.25) is 4.79 Å². The van der Waals surface area contributed by atoms with Crippen molar-refractivity contribution in [2.75, 3.05) is 7.11 Å². The van der Waals surface area contributed by atoms with Crippen LogP contribution < -0.4 is 0 Å². The van der Waals surface area contributed by atoms with Crippen LogP contribution in [0.15, 0.2) is 42.5 Å². The highest BCUT2D eigenvalue weighted by Gasteiger charge is 2.21. The number of ketones is 1. The Kier molecular flexibility index (Phi) is 4.58. The first-order valence-corrected chi connectivity index (χ1v) is 6.87. The molecule has 0 amide bonds. The standard InChI is InChI=1S/C17H19NO3/c1-12-9-10-15(18(12)13(2)17(20)21-3)11-16(19)14-7-5-4-6-8-14/h4-10,13H,11H2,1-3H3/t13-/m0/s1. The van der Waals surface area contributed by atoms with Crippen LogP contribution >= 0.6 is 0 Å². The van der Waals surface area contributed by atoms with Crippen molar-refractivity contribution in [2.24, 2.45) is 0 Å². The SMILES string of the molecule is COC(=O)[C@H](C)n1c(C)ccc1CC(=O)c1ccccc1. The summed E-state index contributed by atoms with van der Waals surface area (Å²) >= 11 is 0. The van der Waals surface area contributed by atoms with Gasteiger partial charge in [0.2, 0.25) is 0 Å². The maximum Gasteiger partial charge on any atom is 0.328 e. The predicted octanol–water partition coefficient (Wildman–Crippen LogP) is 2.96. The lowest BCUT2D eigenvalue weighted by atomic mass is 10.1. The normalized spacial score (nSPS) is 12.0. The van der Waals surface area contributed by atoms with Crippen LogP contribution in [0.4, 0.5) is 0 Å². The van der Waals surface area contributed by atoms with E-state index in [1.54, 1.807) is 19.1 Å². The number of carbonyl (C=O) groups is 2. The Morgan fingerprint density at radius 1 is 1.14 bits per heavy atom. The van der Waals surface area contributed by atoms with Crippen molar-refractivity contribution in [3.8, 4) is 0 Å². The lowest BCUT2D eigenvalue weighted by Crippen LogP contribution is -2.21. The molecule has 0 N–H and O–H groups in total. The third kappa shape index (κ3) is 3.21. The summed E-state index contributed by atoms with van der Waals surface area (Å²) in [7, 11) is 1.37. The molecule has 0 aliphatic heterocycles. The zero-order valence-electron chi connectivity index (χ0n) is 12.5. The number of methoxy groups -OCH3 is 1. The number of benzene rings is 1. The minimum Gasteiger partial charge on any atom is -0.467 e. The number of esters is 1. The molecule has 4 nitrogen and oxygen atoms in total. The van der Waals surface area contributed by atoms with Gasteiger partial charge in [-0.25, -0.2) is 4.79 Å². The number of Topliss-reactive ketones (excluding diaryl/α,β-unsaturated/α-hetero) is 1. The number of rotatable bonds is 5. The molecule has 110 valence electrons. The molecule has 1 heterocycles. The van der Waals surface area contributed by atoms with Gasteiger partial charge in [0, 0.05) is 17.0 Å². The molecular formula is C17H19NO3. The largest absolute Gasteiger partial charge is 0.467 e. The van der Waals surface area contributed by atoms with E-state index in [0.717, 1.165) is 11.4 Å². The van der Waals surface area contributed by atoms with Crippen molar-refractivity contribution < 1.29 is 14.3 Å². The van der Waals surface area contributed by atoms with E-state index in [9.17, 15) is 9.59 Å². The van der Waals surface area contributed by atoms with E-state index in [1.807, 2.05) is 41.8 Å². The minimum absolute atomic E-state index is 0.0343. The van der Waals surface area contributed by atoms with Gasteiger partial charge in [-0.1, -0.05) is 30.3 Å². The average molecular weight is 285 g/mol. The Hall–Kier alpha value is -2.36. The number of hydrogen-bond donors (Lipinski definition) is 0. The van der Waals surface area contributed by atoms with E-state index < -0.39 is 6.04 Å². The molecule has 2 rings (SSSR count). The van der Waals surface area contributed by atoms with Crippen LogP contribution in [0, 0.1) is 6.92 Å². The van der Waals surface area contributed by atoms with Gasteiger partial charge in [-0.05, 0) is 26.0 Å². The fourth-order valence-electron chi connectivity index (χ4n) is 2.47. The molecule has 0 aliphatic carbocycles. The summed E-state index contributed by atoms with van der Waals surface area (Å²) in [6, 6.07) is 12.5. The summed E-state index contributed by atoms with van der Waals surface area (Å²) in [4.78, 5) is 24.1. The maximum atomic E-state index is 12.3. The van der Waals surface area contributed by atoms with E-state index in [-0.39, 0.29) is 18.2 Å². The van der Waals surface area contributed by atoms with E-state index in [0.29, 0.717) is 5.56 Å². The average Bonchev–Trinajstić information content (AvgIpc) is 2.87. The van der Waals surface area contributed by atoms with Crippen LogP contribution in [-0.2, 0) is 16.0 Å². The Balaban J connectivity index is 2.26. The number of aryl methyl sites for hydroxylation is 1. The van der Waals surface area contributed by atoms with E-state index in [2.05, 4.69) is 0 Å². The molecule has 0 radical (unpaired) electrons. The van der Waals surface area contributed by atoms with Crippen LogP contribution in [0.1, 0.15) is 34.7 Å². The second-order valence-electron chi connectivity index (χ2n) is 5.00. The molecule has 2 aromatic rings. The number of aromatic nitrogens is 1. The summed E-state index contributed by atoms with van der Waals surface area (Å²) in [6.07, 6.45) is 0.263. The van der Waals surface area contributed by atoms with Gasteiger partial charge < -0.3 is 9.30 Å². The van der Waals surface area contributed by atoms with Gasteiger partial charge in [-0.15, -0.1) is 0 Å². The molecule has 0 saturated heterocycles. The first kappa shape index (κ1) is 15.0. The molecule has 0 spiro atoms. The monoisotopic (exact) mass is 285 g/mol. The Labute approximate surface area is 124 Å². The molecule has 4 heteroatoms. The van der Waals surface area contributed by atoms with Gasteiger partial charge >= 0.3 is 5.97 Å². The summed E-state index contributed by atoms with van der Waals surface area (Å²) in [5.74, 6) is -0.283. The Morgan fingerprint density at radius 3 is 2.43 bits per heavy atom. The molecular weight excluding hydrogens is 266 g/mol. The minimum atomic E-state index is -0.441. The number of carbonyl (C=O) groups excluding carboxylic acids is 2. The molecule has 0 unspecified atom stereocenters. The zero-order valence-corrected chi connectivity index (χ0v) is 12.5. The Morgan fingerprint density at radius 2 is 1.81 bits per heavy atom. The highest BCUT2D eigenvalue weighted by atomic mass is 16.5. The molecule has 0 fully saturated rings. The second-order valence-corrected chi connectivity index (χ2v) is 5.00. The van der Waals surface area contributed by atoms with Gasteiger partial charge in [0.1, 0.15) is 6.04 Å². The molecule has 0 bridgehead atoms. The highest BCUT2D eigenvalue weighted by molar-refractivity contribution is 5.97. The molecule has 1 aromatic heterocycles. The van der Waals surface area contributed by atoms with Gasteiger partial charge in [0.05, 0.1) is 13.5 Å². The second kappa shape index (κ2) is 6.39. The summed E-state index contributed by atoms with van der Waals surface area (Å²) < 4.78 is 6.64. The molecule has 1 atom stereocenters. The topological polar surface area (TPSA) is 48.3 Å². The number of hydrogen-bond acceptors (Lipinski definition) is 3. The fourth-order valence-corrected chi connectivity index (χ4v) is 2.47. The molecule has 0 aliphatic rings. The van der Waals surface area contributed by atoms with Crippen LogP contribution in [0.3, 0.4) is 0 Å². The van der Waals surface area contributed by atoms with E-state index >= 15 is 0 Å². The fraction of sp³-hybridized carbons (Fsp3) is 0.294. The van der Waals surface area contributed by atoms with Gasteiger partial charge in [0.25, 0.3) is 0 Å². The van der Waals surface area contributed by atoms with Crippen molar-refractivity contribution in [1.82, 2.24) is 4.57 Å². The smallest absolute Gasteiger partial charge is 0.328 e. The predicted molar refractivity (Wildman–Crippen MR) is 80.4 cm³/mol. The summed E-state index contributed by atoms with van der Waals surface area (Å²) in [5, 5.41) is 0. The van der Waals surface area contributed by atoms with E-state index in [1.165, 1.54) is 7.11 Å². The third-order valence-electron chi connectivity index (χ3n) is 3.57. The van der Waals surface area contributed by atoms with Crippen molar-refractivity contribution >= 4 is 11.8 Å². The van der Waals surface area contributed by atoms with Crippen LogP contribution in [0.5, 0.6) is 0 Å². The van der Waals surface area contributed by atoms with Crippen LogP contribution in [-0.4, -0.2) is 23.4 Å². The van der Waals surface area contributed by atoms with Crippen LogP contribution in [0.25, 0.3) is 0 Å². The van der Waals surface area contributed by atoms with Crippen molar-refractivity contribution in [1.29, 1.82) is 0 Å². The summed E-state index contributed by atoms with van der Waals surface area (Å²) in [6.45, 7) is 3.69. The Bertz CT molecular complexity index is 643. The van der Waals surface area contributed by atoms with Crippen molar-refractivity contribution in [3.63, 3.8) is 0 Å². The third-order valence-corrected chi connectivity index (χ3v) is 3.57. The van der Waals surface area contributed by atoms with Crippen LogP contribution in [0.2, 0.25) is 0 Å². The molecule has 0 saturated carbocycles. The lowest BCUT2D eigenvalue weighted by Gasteiger charge is -2.17. The first-order valence-electron chi connectivity index (χ1n) is 6.87. The summed E-state index contributed by atoms with van der Waals surface area (Å²) in [5.41, 5.74) is 2.43. The maximum absolute atomic E-state index is 12.3. The van der Waals surface area contributed by atoms with Crippen molar-refractivity contribution in [2.45, 2.75) is 26.3 Å².